The fourth-order valence-corrected chi connectivity index (χ4v) is 2.55. The Morgan fingerprint density at radius 3 is 3.31 bits per heavy atom. The van der Waals surface area contributed by atoms with Gasteiger partial charge < -0.3 is 10.3 Å². The molecule has 13 heavy (non-hydrogen) atoms. The molecule has 1 aromatic rings. The fourth-order valence-electron chi connectivity index (χ4n) is 1.54. The third-order valence-corrected chi connectivity index (χ3v) is 3.17. The maximum atomic E-state index is 5.72. The molecular weight excluding hydrogens is 184 g/mol. The van der Waals surface area contributed by atoms with E-state index in [0.717, 1.165) is 35.8 Å². The van der Waals surface area contributed by atoms with Crippen LogP contribution in [-0.2, 0) is 18.6 Å². The molecule has 1 atom stereocenters. The zero-order valence-corrected chi connectivity index (χ0v) is 8.56. The molecule has 1 aliphatic rings. The second-order valence-corrected chi connectivity index (χ2v) is 4.62. The van der Waals surface area contributed by atoms with Crippen molar-refractivity contribution in [3.8, 4) is 0 Å². The van der Waals surface area contributed by atoms with Gasteiger partial charge in [0.2, 0.25) is 0 Å². The van der Waals surface area contributed by atoms with Gasteiger partial charge in [0.05, 0.1) is 5.69 Å². The van der Waals surface area contributed by atoms with Crippen LogP contribution in [-0.4, -0.2) is 17.0 Å². The number of nitrogens with zero attached hydrogens (tertiary/aromatic N) is 1. The molecule has 2 rings (SSSR count). The van der Waals surface area contributed by atoms with Gasteiger partial charge in [-0.3, -0.25) is 0 Å². The number of fused-ring (bicyclic) bond motifs is 1. The average Bonchev–Trinajstić information content (AvgIpc) is 2.48. The summed E-state index contributed by atoms with van der Waals surface area (Å²) < 4.78 is 5.29. The number of hydrogen-bond donors (Lipinski definition) is 1. The van der Waals surface area contributed by atoms with Gasteiger partial charge in [-0.2, -0.15) is 11.8 Å². The minimum atomic E-state index is 0.156. The zero-order valence-electron chi connectivity index (χ0n) is 7.75. The predicted octanol–water partition coefficient (Wildman–Crippen LogP) is 1.35. The van der Waals surface area contributed by atoms with E-state index in [-0.39, 0.29) is 6.04 Å². The minimum Gasteiger partial charge on any atom is -0.361 e. The van der Waals surface area contributed by atoms with Gasteiger partial charge in [0.1, 0.15) is 5.76 Å². The molecule has 0 aliphatic carbocycles. The lowest BCUT2D eigenvalue weighted by atomic mass is 10.1. The van der Waals surface area contributed by atoms with Crippen LogP contribution in [0, 0.1) is 0 Å². The Labute approximate surface area is 82.0 Å². The lowest BCUT2D eigenvalue weighted by Gasteiger charge is -2.09. The molecule has 1 aromatic heterocycles. The van der Waals surface area contributed by atoms with Crippen molar-refractivity contribution < 1.29 is 4.52 Å². The smallest absolute Gasteiger partial charge is 0.142 e. The highest BCUT2D eigenvalue weighted by molar-refractivity contribution is 7.98. The molecule has 0 fully saturated rings. The number of aromatic nitrogens is 1. The van der Waals surface area contributed by atoms with Crippen molar-refractivity contribution in [2.75, 3.05) is 5.75 Å². The van der Waals surface area contributed by atoms with Crippen LogP contribution in [0.5, 0.6) is 0 Å². The second kappa shape index (κ2) is 3.72. The van der Waals surface area contributed by atoms with Crippen LogP contribution in [0.15, 0.2) is 4.52 Å². The largest absolute Gasteiger partial charge is 0.361 e. The maximum Gasteiger partial charge on any atom is 0.142 e. The summed E-state index contributed by atoms with van der Waals surface area (Å²) in [5.74, 6) is 3.20. The van der Waals surface area contributed by atoms with E-state index in [9.17, 15) is 0 Å². The normalized spacial score (nSPS) is 18.3. The van der Waals surface area contributed by atoms with Gasteiger partial charge in [-0.1, -0.05) is 5.16 Å². The van der Waals surface area contributed by atoms with E-state index in [4.69, 9.17) is 10.3 Å². The molecule has 1 unspecified atom stereocenters. The van der Waals surface area contributed by atoms with Crippen LogP contribution in [0.1, 0.15) is 23.9 Å². The first-order valence-electron chi connectivity index (χ1n) is 4.57. The Kier molecular flexibility index (Phi) is 2.60. The molecule has 0 radical (unpaired) electrons. The first-order valence-corrected chi connectivity index (χ1v) is 5.72. The van der Waals surface area contributed by atoms with Crippen LogP contribution in [0.25, 0.3) is 0 Å². The Hall–Kier alpha value is -0.480. The van der Waals surface area contributed by atoms with E-state index >= 15 is 0 Å². The summed E-state index contributed by atoms with van der Waals surface area (Å²) in [7, 11) is 0. The van der Waals surface area contributed by atoms with Crippen molar-refractivity contribution in [3.05, 3.63) is 17.0 Å². The van der Waals surface area contributed by atoms with Gasteiger partial charge in [-0.25, -0.2) is 0 Å². The number of hydrogen-bond acceptors (Lipinski definition) is 4. The lowest BCUT2D eigenvalue weighted by Crippen LogP contribution is -2.18. The SMILES string of the molecule is CC(N)Cc1onc2c1CSCC2. The summed E-state index contributed by atoms with van der Waals surface area (Å²) in [5.41, 5.74) is 8.17. The predicted molar refractivity (Wildman–Crippen MR) is 53.7 cm³/mol. The van der Waals surface area contributed by atoms with Crippen LogP contribution in [0.3, 0.4) is 0 Å². The summed E-state index contributed by atoms with van der Waals surface area (Å²) in [6.45, 7) is 1.99. The van der Waals surface area contributed by atoms with Gasteiger partial charge >= 0.3 is 0 Å². The maximum absolute atomic E-state index is 5.72. The fraction of sp³-hybridized carbons (Fsp3) is 0.667. The molecule has 0 saturated carbocycles. The molecule has 0 saturated heterocycles. The van der Waals surface area contributed by atoms with Gasteiger partial charge in [0, 0.05) is 30.2 Å². The molecule has 3 nitrogen and oxygen atoms in total. The van der Waals surface area contributed by atoms with E-state index in [2.05, 4.69) is 5.16 Å². The van der Waals surface area contributed by atoms with Crippen molar-refractivity contribution in [2.24, 2.45) is 5.73 Å². The zero-order chi connectivity index (χ0) is 9.26. The van der Waals surface area contributed by atoms with Crippen LogP contribution >= 0.6 is 11.8 Å². The number of rotatable bonds is 2. The molecular formula is C9H14N2OS. The van der Waals surface area contributed by atoms with Crippen molar-refractivity contribution in [3.63, 3.8) is 0 Å². The number of nitrogens with two attached hydrogens (primary N) is 1. The summed E-state index contributed by atoms with van der Waals surface area (Å²) in [5, 5.41) is 4.07. The quantitative estimate of drug-likeness (QED) is 0.779. The van der Waals surface area contributed by atoms with Crippen LogP contribution < -0.4 is 5.73 Å². The summed E-state index contributed by atoms with van der Waals surface area (Å²) in [4.78, 5) is 0. The Balaban J connectivity index is 2.21. The molecule has 2 N–H and O–H groups in total. The van der Waals surface area contributed by atoms with E-state index < -0.39 is 0 Å². The van der Waals surface area contributed by atoms with Gasteiger partial charge in [0.15, 0.2) is 0 Å². The van der Waals surface area contributed by atoms with Gasteiger partial charge in [0.25, 0.3) is 0 Å². The number of aryl methyl sites for hydroxylation is 1. The average molecular weight is 198 g/mol. The first-order chi connectivity index (χ1) is 6.27. The highest BCUT2D eigenvalue weighted by Gasteiger charge is 2.19. The van der Waals surface area contributed by atoms with Crippen molar-refractivity contribution in [1.82, 2.24) is 5.16 Å². The molecule has 0 amide bonds. The second-order valence-electron chi connectivity index (χ2n) is 3.51. The standard InChI is InChI=1S/C9H14N2OS/c1-6(10)4-9-7-5-13-3-2-8(7)11-12-9/h6H,2-5,10H2,1H3. The van der Waals surface area contributed by atoms with Gasteiger partial charge in [-0.05, 0) is 12.7 Å². The summed E-state index contributed by atoms with van der Waals surface area (Å²) in [6, 6.07) is 0.156. The van der Waals surface area contributed by atoms with Crippen LogP contribution in [0.4, 0.5) is 0 Å². The van der Waals surface area contributed by atoms with Crippen molar-refractivity contribution >= 4 is 11.8 Å². The highest BCUT2D eigenvalue weighted by atomic mass is 32.2. The van der Waals surface area contributed by atoms with Crippen molar-refractivity contribution in [2.45, 2.75) is 31.6 Å². The Morgan fingerprint density at radius 2 is 2.54 bits per heavy atom. The third-order valence-electron chi connectivity index (χ3n) is 2.19. The topological polar surface area (TPSA) is 52.0 Å². The minimum absolute atomic E-state index is 0.156. The molecule has 2 heterocycles. The number of thioether (sulfide) groups is 1. The first kappa shape index (κ1) is 9.09. The summed E-state index contributed by atoms with van der Waals surface area (Å²) in [6.07, 6.45) is 1.85. The monoisotopic (exact) mass is 198 g/mol. The van der Waals surface area contributed by atoms with E-state index in [1.54, 1.807) is 0 Å². The van der Waals surface area contributed by atoms with E-state index in [1.165, 1.54) is 5.56 Å². The summed E-state index contributed by atoms with van der Waals surface area (Å²) >= 11 is 1.94. The van der Waals surface area contributed by atoms with Crippen molar-refractivity contribution in [1.29, 1.82) is 0 Å². The molecule has 72 valence electrons. The van der Waals surface area contributed by atoms with E-state index in [1.807, 2.05) is 18.7 Å². The Morgan fingerprint density at radius 1 is 1.69 bits per heavy atom. The highest BCUT2D eigenvalue weighted by Crippen LogP contribution is 2.27. The lowest BCUT2D eigenvalue weighted by molar-refractivity contribution is 0.371. The third kappa shape index (κ3) is 1.89. The Bertz CT molecular complexity index is 296. The van der Waals surface area contributed by atoms with Gasteiger partial charge in [-0.15, -0.1) is 0 Å². The molecule has 4 heteroatoms. The van der Waals surface area contributed by atoms with E-state index in [0.29, 0.717) is 0 Å². The molecule has 0 spiro atoms. The molecule has 0 bridgehead atoms. The molecule has 0 aromatic carbocycles. The van der Waals surface area contributed by atoms with Crippen LogP contribution in [0.2, 0.25) is 0 Å². The molecule has 1 aliphatic heterocycles.